The van der Waals surface area contributed by atoms with Crippen LogP contribution in [0.3, 0.4) is 0 Å². The van der Waals surface area contributed by atoms with Crippen molar-refractivity contribution in [1.29, 1.82) is 0 Å². The number of carbonyl (C=O) groups excluding carboxylic acids is 2. The number of hydrogen-bond acceptors (Lipinski definition) is 7. The van der Waals surface area contributed by atoms with Gasteiger partial charge in [0, 0.05) is 25.2 Å². The summed E-state index contributed by atoms with van der Waals surface area (Å²) >= 11 is 5.31. The van der Waals surface area contributed by atoms with Crippen LogP contribution in [0.25, 0.3) is 0 Å². The predicted octanol–water partition coefficient (Wildman–Crippen LogP) is 3.56. The Morgan fingerprint density at radius 2 is 1.69 bits per heavy atom. The van der Waals surface area contributed by atoms with E-state index in [1.807, 2.05) is 48.5 Å². The maximum Gasteiger partial charge on any atom is 0.359 e. The fourth-order valence-corrected chi connectivity index (χ4v) is 6.81. The summed E-state index contributed by atoms with van der Waals surface area (Å²) in [5, 5.41) is 1.23. The highest BCUT2D eigenvalue weighted by molar-refractivity contribution is 7.79. The third kappa shape index (κ3) is 5.64. The van der Waals surface area contributed by atoms with Gasteiger partial charge in [-0.15, -0.1) is 0 Å². The van der Waals surface area contributed by atoms with E-state index in [-0.39, 0.29) is 16.6 Å². The van der Waals surface area contributed by atoms with Crippen LogP contribution in [0.2, 0.25) is 13.1 Å². The molecule has 0 radical (unpaired) electrons. The average molecular weight is 514 g/mol. The third-order valence-corrected chi connectivity index (χ3v) is 10.0. The normalized spacial score (nSPS) is 23.1. The number of para-hydroxylation sites is 1. The second-order valence-electron chi connectivity index (χ2n) is 9.74. The molecule has 0 N–H and O–H groups in total. The summed E-state index contributed by atoms with van der Waals surface area (Å²) in [6.07, 6.45) is -1.37. The van der Waals surface area contributed by atoms with Crippen LogP contribution < -0.4 is 9.92 Å². The molecule has 35 heavy (non-hydrogen) atoms. The number of amides is 1. The Hall–Kier alpha value is -2.59. The first kappa shape index (κ1) is 25.5. The number of ether oxygens (including phenoxy) is 4. The van der Waals surface area contributed by atoms with Crippen LogP contribution in [0.15, 0.2) is 60.7 Å². The van der Waals surface area contributed by atoms with Crippen LogP contribution in [0.1, 0.15) is 26.7 Å². The van der Waals surface area contributed by atoms with Crippen LogP contribution in [-0.4, -0.2) is 60.3 Å². The van der Waals surface area contributed by atoms with Crippen molar-refractivity contribution in [2.45, 2.75) is 64.0 Å². The highest BCUT2D eigenvalue weighted by atomic mass is 32.1. The molecule has 0 spiro atoms. The molecule has 0 aliphatic carbocycles. The van der Waals surface area contributed by atoms with Crippen LogP contribution >= 0.6 is 12.2 Å². The van der Waals surface area contributed by atoms with Gasteiger partial charge in [0.1, 0.15) is 11.2 Å². The predicted molar refractivity (Wildman–Crippen MR) is 138 cm³/mol. The fraction of sp³-hybridized carbons (Fsp3) is 0.423. The van der Waals surface area contributed by atoms with Gasteiger partial charge in [0.15, 0.2) is 26.1 Å². The highest BCUT2D eigenvalue weighted by Crippen LogP contribution is 2.38. The van der Waals surface area contributed by atoms with Gasteiger partial charge in [0.05, 0.1) is 0 Å². The number of likely N-dealkylation sites (tertiary alicyclic amines) is 1. The number of fused-ring (bicyclic) bond motifs is 1. The number of thiocarbonyl (C=S) groups is 1. The van der Waals surface area contributed by atoms with Crippen molar-refractivity contribution in [2.75, 3.05) is 6.54 Å². The molecule has 2 saturated heterocycles. The molecular formula is C26H31NO6SSi. The lowest BCUT2D eigenvalue weighted by Gasteiger charge is -2.30. The van der Waals surface area contributed by atoms with E-state index in [9.17, 15) is 9.59 Å². The summed E-state index contributed by atoms with van der Waals surface area (Å²) in [6.45, 7) is 7.96. The van der Waals surface area contributed by atoms with Crippen molar-refractivity contribution in [2.24, 2.45) is 0 Å². The molecule has 1 amide bonds. The van der Waals surface area contributed by atoms with Gasteiger partial charge in [-0.05, 0) is 32.4 Å². The maximum atomic E-state index is 13.2. The minimum absolute atomic E-state index is 0.110. The summed E-state index contributed by atoms with van der Waals surface area (Å²) in [5.74, 6) is -0.616. The Morgan fingerprint density at radius 1 is 1.06 bits per heavy atom. The Morgan fingerprint density at radius 3 is 2.34 bits per heavy atom. The van der Waals surface area contributed by atoms with E-state index in [1.165, 1.54) is 0 Å². The first-order valence-electron chi connectivity index (χ1n) is 11.8. The van der Waals surface area contributed by atoms with Gasteiger partial charge in [-0.2, -0.15) is 0 Å². The monoisotopic (exact) mass is 513 g/mol. The summed E-state index contributed by atoms with van der Waals surface area (Å²) in [6, 6.07) is 19.0. The second kappa shape index (κ2) is 10.2. The molecule has 186 valence electrons. The molecule has 0 saturated carbocycles. The summed E-state index contributed by atoms with van der Waals surface area (Å²) in [5.41, 5.74) is 0. The van der Waals surface area contributed by atoms with Crippen molar-refractivity contribution in [3.05, 3.63) is 60.7 Å². The molecular weight excluding hydrogens is 482 g/mol. The van der Waals surface area contributed by atoms with E-state index in [2.05, 4.69) is 13.1 Å². The van der Waals surface area contributed by atoms with Crippen molar-refractivity contribution in [3.8, 4) is 5.75 Å². The molecule has 7 nitrogen and oxygen atoms in total. The van der Waals surface area contributed by atoms with Gasteiger partial charge in [0.25, 0.3) is 5.91 Å². The van der Waals surface area contributed by atoms with E-state index in [1.54, 1.807) is 30.9 Å². The zero-order chi connectivity index (χ0) is 25.2. The van der Waals surface area contributed by atoms with Gasteiger partial charge in [-0.3, -0.25) is 4.79 Å². The van der Waals surface area contributed by atoms with Crippen molar-refractivity contribution >= 4 is 42.0 Å². The van der Waals surface area contributed by atoms with E-state index in [0.29, 0.717) is 25.1 Å². The summed E-state index contributed by atoms with van der Waals surface area (Å²) < 4.78 is 23.4. The zero-order valence-corrected chi connectivity index (χ0v) is 22.2. The van der Waals surface area contributed by atoms with E-state index < -0.39 is 32.3 Å². The summed E-state index contributed by atoms with van der Waals surface area (Å²) in [4.78, 5) is 27.9. The molecule has 9 heteroatoms. The Balaban J connectivity index is 1.42. The molecule has 0 bridgehead atoms. The molecule has 2 aliphatic heterocycles. The molecule has 0 aromatic heterocycles. The fourth-order valence-electron chi connectivity index (χ4n) is 4.47. The molecule has 2 aromatic rings. The van der Waals surface area contributed by atoms with Crippen LogP contribution in [0.4, 0.5) is 0 Å². The molecule has 2 aliphatic rings. The Bertz CT molecular complexity index is 1080. The number of nitrogens with zero attached hydrogens (tertiary/aromatic N) is 1. The minimum Gasteiger partial charge on any atom is -0.429 e. The molecule has 3 atom stereocenters. The Kier molecular flexibility index (Phi) is 7.42. The smallest absolute Gasteiger partial charge is 0.359 e. The first-order valence-corrected chi connectivity index (χ1v) is 15.2. The van der Waals surface area contributed by atoms with Gasteiger partial charge >= 0.3 is 5.24 Å². The number of rotatable bonds is 8. The topological polar surface area (TPSA) is 74.3 Å². The molecule has 2 aromatic carbocycles. The van der Waals surface area contributed by atoms with Crippen molar-refractivity contribution in [3.63, 3.8) is 0 Å². The largest absolute Gasteiger partial charge is 0.429 e. The zero-order valence-electron chi connectivity index (χ0n) is 20.4. The van der Waals surface area contributed by atoms with Gasteiger partial charge < -0.3 is 28.6 Å². The highest BCUT2D eigenvalue weighted by Gasteiger charge is 2.59. The van der Waals surface area contributed by atoms with E-state index in [4.69, 9.17) is 31.2 Å². The lowest BCUT2D eigenvalue weighted by atomic mass is 10.2. The van der Waals surface area contributed by atoms with Gasteiger partial charge in [-0.25, -0.2) is 0 Å². The van der Waals surface area contributed by atoms with Crippen molar-refractivity contribution < 1.29 is 28.5 Å². The van der Waals surface area contributed by atoms with Gasteiger partial charge in [0.2, 0.25) is 6.23 Å². The number of benzene rings is 2. The molecule has 0 unspecified atom stereocenters. The van der Waals surface area contributed by atoms with Gasteiger partial charge in [-0.1, -0.05) is 66.8 Å². The molecule has 4 rings (SSSR count). The number of carbonyl (C=O) groups is 2. The lowest BCUT2D eigenvalue weighted by Crippen LogP contribution is -2.50. The Labute approximate surface area is 212 Å². The van der Waals surface area contributed by atoms with Crippen molar-refractivity contribution in [1.82, 2.24) is 4.90 Å². The molecule has 2 heterocycles. The first-order chi connectivity index (χ1) is 16.6. The maximum absolute atomic E-state index is 13.2. The average Bonchev–Trinajstić information content (AvgIpc) is 3.26. The SMILES string of the molecule is CC1(C)O[C@@H]2[C@@H](OC(=S)Oc3ccccc3)N(CCCC(=O)[Si](C)(C)c3ccccc3)C(=O)[C@@H]2O1. The van der Waals surface area contributed by atoms with E-state index in [0.717, 1.165) is 5.19 Å². The second-order valence-corrected chi connectivity index (χ2v) is 14.5. The lowest BCUT2D eigenvalue weighted by molar-refractivity contribution is -0.185. The quantitative estimate of drug-likeness (QED) is 0.395. The van der Waals surface area contributed by atoms with Crippen LogP contribution in [0, 0.1) is 0 Å². The standard InChI is InChI=1S/C26H31NO6SSi/c1-26(2)32-21-22(33-26)24(31-25(34)30-18-12-7-5-8-13-18)27(23(21)29)17-11-16-20(28)35(3,4)19-14-9-6-10-15-19/h5-10,12-15,21-22,24H,11,16-17H2,1-4H3/t21-,22+,24-/m1/s1. The van der Waals surface area contributed by atoms with Crippen LogP contribution in [0.5, 0.6) is 5.75 Å². The third-order valence-electron chi connectivity index (χ3n) is 6.40. The van der Waals surface area contributed by atoms with Crippen LogP contribution in [-0.2, 0) is 23.8 Å². The number of hydrogen-bond donors (Lipinski definition) is 0. The summed E-state index contributed by atoms with van der Waals surface area (Å²) in [7, 11) is -2.27. The van der Waals surface area contributed by atoms with E-state index >= 15 is 0 Å². The molecule has 2 fully saturated rings. The minimum atomic E-state index is -2.27.